The molecule has 0 unspecified atom stereocenters. The number of amides is 1. The van der Waals surface area contributed by atoms with Crippen LogP contribution < -0.4 is 10.2 Å². The summed E-state index contributed by atoms with van der Waals surface area (Å²) in [4.78, 5) is 15.7. The molecule has 0 atom stereocenters. The lowest BCUT2D eigenvalue weighted by Gasteiger charge is -2.36. The lowest BCUT2D eigenvalue weighted by molar-refractivity contribution is -0.125. The molecule has 0 bridgehead atoms. The van der Waals surface area contributed by atoms with Gasteiger partial charge in [-0.15, -0.1) is 0 Å². The van der Waals surface area contributed by atoms with E-state index in [2.05, 4.69) is 26.1 Å². The first-order valence-corrected chi connectivity index (χ1v) is 12.2. The van der Waals surface area contributed by atoms with E-state index in [4.69, 9.17) is 16.3 Å². The van der Waals surface area contributed by atoms with Gasteiger partial charge in [-0.3, -0.25) is 4.79 Å². The molecule has 2 aromatic rings. The number of nitrogens with zero attached hydrogens (tertiary/aromatic N) is 1. The molecule has 2 aliphatic heterocycles. The van der Waals surface area contributed by atoms with Crippen LogP contribution in [-0.4, -0.2) is 43.7 Å². The van der Waals surface area contributed by atoms with Crippen LogP contribution in [0.2, 0.25) is 5.02 Å². The van der Waals surface area contributed by atoms with Crippen LogP contribution in [0.4, 0.5) is 11.4 Å². The lowest BCUT2D eigenvalue weighted by Crippen LogP contribution is -2.44. The van der Waals surface area contributed by atoms with Gasteiger partial charge in [-0.25, -0.2) is 0 Å². The molecule has 1 amide bonds. The van der Waals surface area contributed by atoms with Crippen molar-refractivity contribution in [1.29, 1.82) is 0 Å². The van der Waals surface area contributed by atoms with Crippen molar-refractivity contribution in [2.45, 2.75) is 18.3 Å². The minimum absolute atomic E-state index is 0.00121. The van der Waals surface area contributed by atoms with Crippen molar-refractivity contribution in [3.05, 3.63) is 57.5 Å². The molecule has 0 aromatic heterocycles. The molecule has 154 valence electrons. The van der Waals surface area contributed by atoms with Crippen molar-refractivity contribution < 1.29 is 9.53 Å². The van der Waals surface area contributed by atoms with Crippen molar-refractivity contribution in [3.63, 3.8) is 0 Å². The Hall–Kier alpha value is -1.21. The van der Waals surface area contributed by atoms with Gasteiger partial charge in [-0.2, -0.15) is 11.8 Å². The van der Waals surface area contributed by atoms with Crippen LogP contribution in [0.25, 0.3) is 0 Å². The van der Waals surface area contributed by atoms with E-state index in [0.717, 1.165) is 46.0 Å². The third-order valence-electron chi connectivity index (χ3n) is 5.74. The first kappa shape index (κ1) is 21.0. The average Bonchev–Trinajstić information content (AvgIpc) is 2.75. The predicted molar refractivity (Wildman–Crippen MR) is 125 cm³/mol. The van der Waals surface area contributed by atoms with E-state index < -0.39 is 5.41 Å². The van der Waals surface area contributed by atoms with Gasteiger partial charge in [0.15, 0.2) is 0 Å². The van der Waals surface area contributed by atoms with Crippen LogP contribution in [0.5, 0.6) is 0 Å². The number of benzene rings is 2. The number of rotatable bonds is 4. The van der Waals surface area contributed by atoms with Crippen LogP contribution in [0, 0.1) is 0 Å². The minimum Gasteiger partial charge on any atom is -0.381 e. The highest BCUT2D eigenvalue weighted by Gasteiger charge is 2.41. The highest BCUT2D eigenvalue weighted by atomic mass is 79.9. The molecule has 0 aliphatic carbocycles. The second-order valence-corrected chi connectivity index (χ2v) is 9.97. The smallest absolute Gasteiger partial charge is 0.235 e. The first-order chi connectivity index (χ1) is 14.1. The van der Waals surface area contributed by atoms with E-state index in [9.17, 15) is 4.79 Å². The summed E-state index contributed by atoms with van der Waals surface area (Å²) in [5, 5.41) is 3.80. The van der Waals surface area contributed by atoms with E-state index in [-0.39, 0.29) is 5.91 Å². The number of ether oxygens (including phenoxy) is 1. The SMILES string of the molecule is O=C(Nc1ccc(N2CCSCC2)c(Cl)c1)C1(c2ccc(Br)cc2)CCOCC1. The molecule has 1 N–H and O–H groups in total. The largest absolute Gasteiger partial charge is 0.381 e. The maximum Gasteiger partial charge on any atom is 0.235 e. The monoisotopic (exact) mass is 494 g/mol. The Morgan fingerprint density at radius 3 is 2.45 bits per heavy atom. The molecule has 2 fully saturated rings. The Kier molecular flexibility index (Phi) is 6.74. The Bertz CT molecular complexity index is 866. The topological polar surface area (TPSA) is 41.6 Å². The fourth-order valence-corrected chi connectivity index (χ4v) is 5.50. The predicted octanol–water partition coefficient (Wildman–Crippen LogP) is 5.34. The molecular weight excluding hydrogens is 472 g/mol. The molecule has 2 aromatic carbocycles. The van der Waals surface area contributed by atoms with Crippen LogP contribution in [-0.2, 0) is 14.9 Å². The number of hydrogen-bond acceptors (Lipinski definition) is 4. The molecule has 7 heteroatoms. The van der Waals surface area contributed by atoms with E-state index in [1.54, 1.807) is 0 Å². The maximum absolute atomic E-state index is 13.4. The number of anilines is 2. The number of carbonyl (C=O) groups excluding carboxylic acids is 1. The first-order valence-electron chi connectivity index (χ1n) is 9.86. The zero-order chi connectivity index (χ0) is 20.3. The van der Waals surface area contributed by atoms with E-state index >= 15 is 0 Å². The van der Waals surface area contributed by atoms with Gasteiger partial charge in [0.2, 0.25) is 5.91 Å². The summed E-state index contributed by atoms with van der Waals surface area (Å²) in [5.41, 5.74) is 2.21. The molecule has 0 saturated carbocycles. The number of halogens is 2. The van der Waals surface area contributed by atoms with Crippen molar-refractivity contribution in [2.75, 3.05) is 48.0 Å². The average molecular weight is 496 g/mol. The van der Waals surface area contributed by atoms with Gasteiger partial charge in [0.1, 0.15) is 0 Å². The van der Waals surface area contributed by atoms with E-state index in [1.165, 1.54) is 0 Å². The molecule has 0 spiro atoms. The van der Waals surface area contributed by atoms with Gasteiger partial charge in [0, 0.05) is 48.0 Å². The standard InChI is InChI=1S/C22H24BrClN2O2S/c23-17-3-1-16(2-4-17)22(7-11-28-12-8-22)21(27)25-18-5-6-20(19(24)15-18)26-9-13-29-14-10-26/h1-6,15H,7-14H2,(H,25,27). The maximum atomic E-state index is 13.4. The van der Waals surface area contributed by atoms with Gasteiger partial charge in [0.25, 0.3) is 0 Å². The fourth-order valence-electron chi connectivity index (χ4n) is 4.03. The van der Waals surface area contributed by atoms with Crippen molar-refractivity contribution >= 4 is 56.6 Å². The fraction of sp³-hybridized carbons (Fsp3) is 0.409. The lowest BCUT2D eigenvalue weighted by atomic mass is 9.73. The van der Waals surface area contributed by atoms with Gasteiger partial charge in [-0.1, -0.05) is 39.7 Å². The summed E-state index contributed by atoms with van der Waals surface area (Å²) in [7, 11) is 0. The van der Waals surface area contributed by atoms with E-state index in [0.29, 0.717) is 31.1 Å². The van der Waals surface area contributed by atoms with Gasteiger partial charge < -0.3 is 15.0 Å². The molecule has 2 heterocycles. The molecule has 2 saturated heterocycles. The molecule has 0 radical (unpaired) electrons. The second kappa shape index (κ2) is 9.29. The molecule has 4 rings (SSSR count). The van der Waals surface area contributed by atoms with Crippen molar-refractivity contribution in [2.24, 2.45) is 0 Å². The van der Waals surface area contributed by atoms with E-state index in [1.807, 2.05) is 54.2 Å². The van der Waals surface area contributed by atoms with Crippen LogP contribution in [0.15, 0.2) is 46.9 Å². The quantitative estimate of drug-likeness (QED) is 0.621. The van der Waals surface area contributed by atoms with Crippen molar-refractivity contribution in [1.82, 2.24) is 0 Å². The number of hydrogen-bond donors (Lipinski definition) is 1. The zero-order valence-corrected chi connectivity index (χ0v) is 19.3. The normalized spacial score (nSPS) is 19.0. The molecule has 29 heavy (non-hydrogen) atoms. The Morgan fingerprint density at radius 2 is 1.79 bits per heavy atom. The number of thioether (sulfide) groups is 1. The Morgan fingerprint density at radius 1 is 1.10 bits per heavy atom. The third kappa shape index (κ3) is 4.61. The molecule has 2 aliphatic rings. The highest BCUT2D eigenvalue weighted by Crippen LogP contribution is 2.37. The minimum atomic E-state index is -0.589. The Labute approximate surface area is 189 Å². The summed E-state index contributed by atoms with van der Waals surface area (Å²) in [5.74, 6) is 2.24. The second-order valence-electron chi connectivity index (χ2n) is 7.42. The van der Waals surface area contributed by atoms with Gasteiger partial charge in [-0.05, 0) is 48.7 Å². The highest BCUT2D eigenvalue weighted by molar-refractivity contribution is 9.10. The summed E-state index contributed by atoms with van der Waals surface area (Å²) in [6.45, 7) is 3.16. The Balaban J connectivity index is 1.56. The van der Waals surface area contributed by atoms with Crippen LogP contribution >= 0.6 is 39.3 Å². The summed E-state index contributed by atoms with van der Waals surface area (Å²) in [6, 6.07) is 13.9. The van der Waals surface area contributed by atoms with Gasteiger partial charge >= 0.3 is 0 Å². The molecular formula is C22H24BrClN2O2S. The van der Waals surface area contributed by atoms with Crippen molar-refractivity contribution in [3.8, 4) is 0 Å². The van der Waals surface area contributed by atoms with Crippen LogP contribution in [0.3, 0.4) is 0 Å². The number of nitrogens with one attached hydrogen (secondary N) is 1. The summed E-state index contributed by atoms with van der Waals surface area (Å²) >= 11 is 12.0. The number of carbonyl (C=O) groups is 1. The summed E-state index contributed by atoms with van der Waals surface area (Å²) < 4.78 is 6.56. The third-order valence-corrected chi connectivity index (χ3v) is 7.51. The zero-order valence-electron chi connectivity index (χ0n) is 16.1. The van der Waals surface area contributed by atoms with Gasteiger partial charge in [0.05, 0.1) is 16.1 Å². The molecule has 4 nitrogen and oxygen atoms in total. The van der Waals surface area contributed by atoms with Crippen LogP contribution in [0.1, 0.15) is 18.4 Å². The summed E-state index contributed by atoms with van der Waals surface area (Å²) in [6.07, 6.45) is 1.33.